The van der Waals surface area contributed by atoms with Crippen LogP contribution >= 0.6 is 11.8 Å². The van der Waals surface area contributed by atoms with Crippen molar-refractivity contribution in [2.75, 3.05) is 17.3 Å². The maximum absolute atomic E-state index is 12.9. The Kier molecular flexibility index (Phi) is 6.66. The molecule has 0 saturated carbocycles. The molecule has 3 rings (SSSR count). The van der Waals surface area contributed by atoms with E-state index in [2.05, 4.69) is 15.6 Å². The van der Waals surface area contributed by atoms with Gasteiger partial charge in [-0.3, -0.25) is 14.6 Å². The van der Waals surface area contributed by atoms with Crippen LogP contribution in [0.15, 0.2) is 60.8 Å². The van der Waals surface area contributed by atoms with E-state index in [1.165, 1.54) is 0 Å². The third-order valence-corrected chi connectivity index (χ3v) is 5.08. The number of nitrogens with zero attached hydrogens (tertiary/aromatic N) is 1. The number of aryl methyl sites for hydroxylation is 1. The molecule has 1 unspecified atom stereocenters. The Morgan fingerprint density at radius 1 is 1.07 bits per heavy atom. The van der Waals surface area contributed by atoms with Gasteiger partial charge in [-0.15, -0.1) is 0 Å². The number of hydrogen-bond donors (Lipinski definition) is 2. The molecule has 0 spiro atoms. The number of amides is 2. The van der Waals surface area contributed by atoms with Gasteiger partial charge in [0.15, 0.2) is 0 Å². The van der Waals surface area contributed by atoms with Gasteiger partial charge in [0.2, 0.25) is 5.91 Å². The fraction of sp³-hybridized carbons (Fsp3) is 0.227. The maximum Gasteiger partial charge on any atom is 0.251 e. The maximum atomic E-state index is 12.9. The Hall–Kier alpha value is -2.86. The molecular formula is C22H23N3O2S. The Balaban J connectivity index is 1.77. The summed E-state index contributed by atoms with van der Waals surface area (Å²) in [7, 11) is 0. The van der Waals surface area contributed by atoms with E-state index in [4.69, 9.17) is 0 Å². The van der Waals surface area contributed by atoms with Gasteiger partial charge in [-0.05, 0) is 49.6 Å². The van der Waals surface area contributed by atoms with Crippen molar-refractivity contribution < 1.29 is 9.59 Å². The van der Waals surface area contributed by atoms with Crippen molar-refractivity contribution in [1.82, 2.24) is 10.3 Å². The second-order valence-electron chi connectivity index (χ2n) is 6.54. The average molecular weight is 394 g/mol. The summed E-state index contributed by atoms with van der Waals surface area (Å²) >= 11 is 1.64. The van der Waals surface area contributed by atoms with E-state index in [0.717, 1.165) is 22.2 Å². The minimum absolute atomic E-state index is 0.243. The number of hydrogen-bond acceptors (Lipinski definition) is 4. The summed E-state index contributed by atoms with van der Waals surface area (Å²) in [6.45, 7) is 1.97. The second kappa shape index (κ2) is 9.37. The number of rotatable bonds is 7. The van der Waals surface area contributed by atoms with Gasteiger partial charge >= 0.3 is 0 Å². The van der Waals surface area contributed by atoms with Crippen molar-refractivity contribution >= 4 is 40.2 Å². The lowest BCUT2D eigenvalue weighted by molar-refractivity contribution is -0.118. The topological polar surface area (TPSA) is 71.1 Å². The predicted octanol–water partition coefficient (Wildman–Crippen LogP) is 4.03. The lowest BCUT2D eigenvalue weighted by Crippen LogP contribution is -2.44. The van der Waals surface area contributed by atoms with E-state index in [-0.39, 0.29) is 11.8 Å². The number of aromatic nitrogens is 1. The van der Waals surface area contributed by atoms with Crippen LogP contribution in [0.25, 0.3) is 10.9 Å². The fourth-order valence-electron chi connectivity index (χ4n) is 2.88. The molecule has 1 atom stereocenters. The van der Waals surface area contributed by atoms with Crippen molar-refractivity contribution in [3.05, 3.63) is 71.9 Å². The molecule has 0 saturated heterocycles. The first-order chi connectivity index (χ1) is 13.6. The highest BCUT2D eigenvalue weighted by molar-refractivity contribution is 7.98. The van der Waals surface area contributed by atoms with Crippen LogP contribution in [0.1, 0.15) is 22.3 Å². The number of nitrogens with one attached hydrogen (secondary N) is 2. The van der Waals surface area contributed by atoms with Crippen LogP contribution in [-0.2, 0) is 4.79 Å². The highest BCUT2D eigenvalue weighted by atomic mass is 32.2. The molecule has 6 heteroatoms. The van der Waals surface area contributed by atoms with Crippen LogP contribution < -0.4 is 10.6 Å². The standard InChI is InChI=1S/C22H23N3O2S/c1-15-8-10-17(11-9-15)21(26)25-19(12-14-28-2)22(27)24-18-7-3-5-16-6-4-13-23-20(16)18/h3-11,13,19H,12,14H2,1-2H3,(H,24,27)(H,25,26). The van der Waals surface area contributed by atoms with E-state index < -0.39 is 6.04 Å². The smallest absolute Gasteiger partial charge is 0.251 e. The minimum Gasteiger partial charge on any atom is -0.340 e. The summed E-state index contributed by atoms with van der Waals surface area (Å²) in [4.78, 5) is 29.9. The van der Waals surface area contributed by atoms with Crippen molar-refractivity contribution in [2.24, 2.45) is 0 Å². The predicted molar refractivity (Wildman–Crippen MR) is 116 cm³/mol. The zero-order valence-corrected chi connectivity index (χ0v) is 16.8. The van der Waals surface area contributed by atoms with Gasteiger partial charge in [0.1, 0.15) is 6.04 Å². The second-order valence-corrected chi connectivity index (χ2v) is 7.53. The van der Waals surface area contributed by atoms with E-state index >= 15 is 0 Å². The van der Waals surface area contributed by atoms with Crippen LogP contribution in [0.5, 0.6) is 0 Å². The molecule has 2 N–H and O–H groups in total. The number of carbonyl (C=O) groups is 2. The molecule has 1 heterocycles. The van der Waals surface area contributed by atoms with Crippen LogP contribution in [0.3, 0.4) is 0 Å². The van der Waals surface area contributed by atoms with Gasteiger partial charge in [0, 0.05) is 17.1 Å². The summed E-state index contributed by atoms with van der Waals surface area (Å²) in [6, 6.07) is 16.1. The highest BCUT2D eigenvalue weighted by Gasteiger charge is 2.22. The van der Waals surface area contributed by atoms with Crippen LogP contribution in [0.2, 0.25) is 0 Å². The van der Waals surface area contributed by atoms with Gasteiger partial charge in [-0.2, -0.15) is 11.8 Å². The molecule has 3 aromatic rings. The van der Waals surface area contributed by atoms with E-state index in [9.17, 15) is 9.59 Å². The molecule has 0 bridgehead atoms. The van der Waals surface area contributed by atoms with E-state index in [0.29, 0.717) is 17.7 Å². The van der Waals surface area contributed by atoms with Crippen LogP contribution in [-0.4, -0.2) is 34.8 Å². The van der Waals surface area contributed by atoms with E-state index in [1.54, 1.807) is 30.1 Å². The zero-order valence-electron chi connectivity index (χ0n) is 15.9. The van der Waals surface area contributed by atoms with Crippen LogP contribution in [0.4, 0.5) is 5.69 Å². The van der Waals surface area contributed by atoms with Crippen molar-refractivity contribution in [1.29, 1.82) is 0 Å². The normalized spacial score (nSPS) is 11.8. The number of carbonyl (C=O) groups excluding carboxylic acids is 2. The third-order valence-electron chi connectivity index (χ3n) is 4.44. The molecule has 1 aromatic heterocycles. The Morgan fingerprint density at radius 3 is 2.57 bits per heavy atom. The van der Waals surface area contributed by atoms with Gasteiger partial charge < -0.3 is 10.6 Å². The molecule has 0 radical (unpaired) electrons. The monoisotopic (exact) mass is 393 g/mol. The highest BCUT2D eigenvalue weighted by Crippen LogP contribution is 2.21. The lowest BCUT2D eigenvalue weighted by Gasteiger charge is -2.19. The molecule has 28 heavy (non-hydrogen) atoms. The minimum atomic E-state index is -0.625. The van der Waals surface area contributed by atoms with Gasteiger partial charge in [0.05, 0.1) is 11.2 Å². The molecule has 2 amide bonds. The number of anilines is 1. The number of thioether (sulfide) groups is 1. The fourth-order valence-corrected chi connectivity index (χ4v) is 3.35. The van der Waals surface area contributed by atoms with Gasteiger partial charge in [0.25, 0.3) is 5.91 Å². The van der Waals surface area contributed by atoms with Gasteiger partial charge in [-0.25, -0.2) is 0 Å². The SMILES string of the molecule is CSCCC(NC(=O)c1ccc(C)cc1)C(=O)Nc1cccc2cccnc12. The number of benzene rings is 2. The summed E-state index contributed by atoms with van der Waals surface area (Å²) in [5.74, 6) is 0.269. The summed E-state index contributed by atoms with van der Waals surface area (Å²) < 4.78 is 0. The molecular weight excluding hydrogens is 370 g/mol. The van der Waals surface area contributed by atoms with E-state index in [1.807, 2.05) is 55.6 Å². The first kappa shape index (κ1) is 19.9. The van der Waals surface area contributed by atoms with Gasteiger partial charge in [-0.1, -0.05) is 35.9 Å². The van der Waals surface area contributed by atoms with Crippen molar-refractivity contribution in [3.63, 3.8) is 0 Å². The first-order valence-electron chi connectivity index (χ1n) is 9.09. The molecule has 144 valence electrons. The third kappa shape index (κ3) is 4.89. The number of para-hydroxylation sites is 1. The molecule has 0 aliphatic rings. The number of fused-ring (bicyclic) bond motifs is 1. The number of pyridine rings is 1. The lowest BCUT2D eigenvalue weighted by atomic mass is 10.1. The van der Waals surface area contributed by atoms with Crippen molar-refractivity contribution in [3.8, 4) is 0 Å². The first-order valence-corrected chi connectivity index (χ1v) is 10.5. The van der Waals surface area contributed by atoms with Crippen molar-refractivity contribution in [2.45, 2.75) is 19.4 Å². The molecule has 2 aromatic carbocycles. The quantitative estimate of drug-likeness (QED) is 0.636. The largest absolute Gasteiger partial charge is 0.340 e. The Labute approximate surface area is 168 Å². The Morgan fingerprint density at radius 2 is 1.82 bits per heavy atom. The molecule has 0 aliphatic heterocycles. The summed E-state index contributed by atoms with van der Waals surface area (Å²) in [6.07, 6.45) is 4.22. The molecule has 0 aliphatic carbocycles. The zero-order chi connectivity index (χ0) is 19.9. The summed E-state index contributed by atoms with van der Waals surface area (Å²) in [5, 5.41) is 6.75. The van der Waals surface area contributed by atoms with Crippen LogP contribution in [0, 0.1) is 6.92 Å². The molecule has 0 fully saturated rings. The Bertz CT molecular complexity index is 968. The summed E-state index contributed by atoms with van der Waals surface area (Å²) in [5.41, 5.74) is 2.99. The molecule has 5 nitrogen and oxygen atoms in total. The average Bonchev–Trinajstić information content (AvgIpc) is 2.71.